The smallest absolute Gasteiger partial charge is 0.0412 e. The molecule has 96 valence electrons. The lowest BCUT2D eigenvalue weighted by Crippen LogP contribution is -2.21. The summed E-state index contributed by atoms with van der Waals surface area (Å²) in [6.07, 6.45) is 3.65. The summed E-state index contributed by atoms with van der Waals surface area (Å²) in [5, 5.41) is 0.494. The molecule has 1 nitrogen and oxygen atoms in total. The normalized spacial score (nSPS) is 14.6. The van der Waals surface area contributed by atoms with Gasteiger partial charge in [0.25, 0.3) is 0 Å². The van der Waals surface area contributed by atoms with Crippen LogP contribution >= 0.6 is 11.8 Å². The zero-order valence-electron chi connectivity index (χ0n) is 11.3. The van der Waals surface area contributed by atoms with Gasteiger partial charge in [0.2, 0.25) is 0 Å². The van der Waals surface area contributed by atoms with E-state index in [1.54, 1.807) is 0 Å². The number of rotatable bonds is 7. The SMILES string of the molecule is CCCCSC(C)C(N)c1ccc(CC)cc1. The molecule has 0 saturated carbocycles. The molecule has 2 atom stereocenters. The Morgan fingerprint density at radius 2 is 1.82 bits per heavy atom. The zero-order valence-corrected chi connectivity index (χ0v) is 12.1. The number of nitrogens with two attached hydrogens (primary N) is 1. The van der Waals surface area contributed by atoms with E-state index in [0.717, 1.165) is 6.42 Å². The van der Waals surface area contributed by atoms with E-state index >= 15 is 0 Å². The third-order valence-corrected chi connectivity index (χ3v) is 4.50. The molecule has 0 aliphatic heterocycles. The van der Waals surface area contributed by atoms with Gasteiger partial charge in [0.15, 0.2) is 0 Å². The molecule has 2 unspecified atom stereocenters. The van der Waals surface area contributed by atoms with Gasteiger partial charge in [-0.3, -0.25) is 0 Å². The molecule has 17 heavy (non-hydrogen) atoms. The van der Waals surface area contributed by atoms with Crippen molar-refractivity contribution in [2.75, 3.05) is 5.75 Å². The summed E-state index contributed by atoms with van der Waals surface area (Å²) < 4.78 is 0. The van der Waals surface area contributed by atoms with Crippen molar-refractivity contribution in [2.45, 2.75) is 51.3 Å². The molecule has 0 aliphatic rings. The van der Waals surface area contributed by atoms with Crippen LogP contribution in [0.5, 0.6) is 0 Å². The Labute approximate surface area is 110 Å². The summed E-state index contributed by atoms with van der Waals surface area (Å²) in [6, 6.07) is 8.90. The number of hydrogen-bond acceptors (Lipinski definition) is 2. The van der Waals surface area contributed by atoms with Crippen LogP contribution in [0.2, 0.25) is 0 Å². The zero-order chi connectivity index (χ0) is 12.7. The Balaban J connectivity index is 2.52. The maximum atomic E-state index is 6.29. The predicted molar refractivity (Wildman–Crippen MR) is 79.6 cm³/mol. The third-order valence-electron chi connectivity index (χ3n) is 3.16. The van der Waals surface area contributed by atoms with Crippen LogP contribution in [0.1, 0.15) is 50.8 Å². The first kappa shape index (κ1) is 14.6. The van der Waals surface area contributed by atoms with Crippen molar-refractivity contribution in [3.05, 3.63) is 35.4 Å². The summed E-state index contributed by atoms with van der Waals surface area (Å²) in [5.41, 5.74) is 8.94. The Bertz CT molecular complexity index is 307. The second-order valence-corrected chi connectivity index (χ2v) is 6.04. The van der Waals surface area contributed by atoms with E-state index in [1.165, 1.54) is 29.7 Å². The first-order chi connectivity index (χ1) is 8.19. The number of aryl methyl sites for hydroxylation is 1. The summed E-state index contributed by atoms with van der Waals surface area (Å²) in [7, 11) is 0. The van der Waals surface area contributed by atoms with Crippen molar-refractivity contribution in [3.63, 3.8) is 0 Å². The molecule has 0 fully saturated rings. The minimum absolute atomic E-state index is 0.155. The highest BCUT2D eigenvalue weighted by molar-refractivity contribution is 7.99. The van der Waals surface area contributed by atoms with Crippen LogP contribution in [-0.2, 0) is 6.42 Å². The number of thioether (sulfide) groups is 1. The topological polar surface area (TPSA) is 26.0 Å². The highest BCUT2D eigenvalue weighted by atomic mass is 32.2. The molecule has 0 aliphatic carbocycles. The van der Waals surface area contributed by atoms with Crippen LogP contribution in [0.25, 0.3) is 0 Å². The van der Waals surface area contributed by atoms with Crippen molar-refractivity contribution in [1.29, 1.82) is 0 Å². The summed E-state index contributed by atoms with van der Waals surface area (Å²) in [5.74, 6) is 1.22. The first-order valence-electron chi connectivity index (χ1n) is 6.65. The van der Waals surface area contributed by atoms with Gasteiger partial charge < -0.3 is 5.73 Å². The predicted octanol–water partition coefficient (Wildman–Crippen LogP) is 4.17. The molecule has 2 N–H and O–H groups in total. The van der Waals surface area contributed by atoms with Gasteiger partial charge in [-0.1, -0.05) is 51.5 Å². The molecule has 1 aromatic rings. The summed E-state index contributed by atoms with van der Waals surface area (Å²) >= 11 is 1.99. The molecule has 0 saturated heterocycles. The second kappa shape index (κ2) is 7.78. The van der Waals surface area contributed by atoms with Gasteiger partial charge in [-0.2, -0.15) is 11.8 Å². The van der Waals surface area contributed by atoms with Crippen LogP contribution in [0, 0.1) is 0 Å². The van der Waals surface area contributed by atoms with Crippen LogP contribution in [0.4, 0.5) is 0 Å². The van der Waals surface area contributed by atoms with Gasteiger partial charge in [0.1, 0.15) is 0 Å². The fraction of sp³-hybridized carbons (Fsp3) is 0.600. The van der Waals surface area contributed by atoms with E-state index in [1.807, 2.05) is 11.8 Å². The highest BCUT2D eigenvalue weighted by Gasteiger charge is 2.14. The average molecular weight is 251 g/mol. The molecule has 0 spiro atoms. The quantitative estimate of drug-likeness (QED) is 0.736. The van der Waals surface area contributed by atoms with E-state index in [4.69, 9.17) is 5.73 Å². The van der Waals surface area contributed by atoms with Crippen molar-refractivity contribution >= 4 is 11.8 Å². The Kier molecular flexibility index (Phi) is 6.68. The minimum Gasteiger partial charge on any atom is -0.323 e. The molecule has 0 amide bonds. The van der Waals surface area contributed by atoms with Crippen LogP contribution in [-0.4, -0.2) is 11.0 Å². The number of benzene rings is 1. The fourth-order valence-electron chi connectivity index (χ4n) is 1.76. The maximum absolute atomic E-state index is 6.29. The molecular weight excluding hydrogens is 226 g/mol. The van der Waals surface area contributed by atoms with Gasteiger partial charge in [-0.15, -0.1) is 0 Å². The molecule has 0 bridgehead atoms. The lowest BCUT2D eigenvalue weighted by atomic mass is 10.0. The molecule has 0 heterocycles. The van der Waals surface area contributed by atoms with E-state index < -0.39 is 0 Å². The van der Waals surface area contributed by atoms with E-state index in [0.29, 0.717) is 5.25 Å². The van der Waals surface area contributed by atoms with Crippen molar-refractivity contribution in [1.82, 2.24) is 0 Å². The molecule has 1 aromatic carbocycles. The minimum atomic E-state index is 0.155. The van der Waals surface area contributed by atoms with Crippen molar-refractivity contribution in [3.8, 4) is 0 Å². The largest absolute Gasteiger partial charge is 0.323 e. The molecule has 0 aromatic heterocycles. The van der Waals surface area contributed by atoms with Gasteiger partial charge in [0, 0.05) is 11.3 Å². The highest BCUT2D eigenvalue weighted by Crippen LogP contribution is 2.25. The standard InChI is InChI=1S/C15H25NS/c1-4-6-11-17-12(3)15(16)14-9-7-13(5-2)8-10-14/h7-10,12,15H,4-6,11,16H2,1-3H3. The summed E-state index contributed by atoms with van der Waals surface area (Å²) in [4.78, 5) is 0. The van der Waals surface area contributed by atoms with Gasteiger partial charge in [0.05, 0.1) is 0 Å². The van der Waals surface area contributed by atoms with Crippen LogP contribution in [0.15, 0.2) is 24.3 Å². The maximum Gasteiger partial charge on any atom is 0.0412 e. The Hall–Kier alpha value is -0.470. The van der Waals surface area contributed by atoms with E-state index in [2.05, 4.69) is 45.0 Å². The van der Waals surface area contributed by atoms with Crippen molar-refractivity contribution < 1.29 is 0 Å². The van der Waals surface area contributed by atoms with Gasteiger partial charge in [-0.05, 0) is 29.7 Å². The van der Waals surface area contributed by atoms with Crippen LogP contribution in [0.3, 0.4) is 0 Å². The Morgan fingerprint density at radius 3 is 2.35 bits per heavy atom. The molecule has 1 rings (SSSR count). The van der Waals surface area contributed by atoms with Gasteiger partial charge >= 0.3 is 0 Å². The molecular formula is C15H25NS. The van der Waals surface area contributed by atoms with E-state index in [9.17, 15) is 0 Å². The summed E-state index contributed by atoms with van der Waals surface area (Å²) in [6.45, 7) is 6.64. The Morgan fingerprint density at radius 1 is 1.18 bits per heavy atom. The van der Waals surface area contributed by atoms with Gasteiger partial charge in [-0.25, -0.2) is 0 Å². The van der Waals surface area contributed by atoms with Crippen LogP contribution < -0.4 is 5.73 Å². The van der Waals surface area contributed by atoms with Crippen molar-refractivity contribution in [2.24, 2.45) is 5.73 Å². The third kappa shape index (κ3) is 4.72. The lowest BCUT2D eigenvalue weighted by molar-refractivity contribution is 0.713. The fourth-order valence-corrected chi connectivity index (χ4v) is 2.96. The first-order valence-corrected chi connectivity index (χ1v) is 7.69. The second-order valence-electron chi connectivity index (χ2n) is 4.55. The number of unbranched alkanes of at least 4 members (excludes halogenated alkanes) is 1. The number of hydrogen-bond donors (Lipinski definition) is 1. The lowest BCUT2D eigenvalue weighted by Gasteiger charge is -2.20. The molecule has 2 heteroatoms. The molecule has 0 radical (unpaired) electrons. The average Bonchev–Trinajstić information content (AvgIpc) is 2.38. The monoisotopic (exact) mass is 251 g/mol. The van der Waals surface area contributed by atoms with E-state index in [-0.39, 0.29) is 6.04 Å².